The second-order valence-electron chi connectivity index (χ2n) is 16.0. The molecule has 2 saturated heterocycles. The number of nitrogens with zero attached hydrogens (tertiary/aromatic N) is 1. The highest BCUT2D eigenvalue weighted by Gasteiger charge is 2.55. The standard InChI is InChI=1S/C38H56N6O5S2/c1-35(2,3)43-33(49)30-37(6,7)51-38(8,9)44(30)23-26(45)22-40-32(48)29-36(4,5)50-34(42-29)28(31(47)39-21-25-18-14-11-15-19-25)41-27(46)20-24-16-12-10-13-17-24/h10-19,26,28-30,34,42,45H,20-23H2,1-9H3,(H,39,47)(H,40,48)(H,41,46)(H,43,49)/t26-,28?,29-,30?,34+/m0/s1. The fourth-order valence-corrected chi connectivity index (χ4v) is 10.2. The van der Waals surface area contributed by atoms with Gasteiger partial charge in [0.05, 0.1) is 22.8 Å². The first-order chi connectivity index (χ1) is 23.7. The van der Waals surface area contributed by atoms with Crippen molar-refractivity contribution in [1.29, 1.82) is 0 Å². The Kier molecular flexibility index (Phi) is 13.0. The molecule has 5 atom stereocenters. The van der Waals surface area contributed by atoms with Crippen LogP contribution in [0.25, 0.3) is 0 Å². The van der Waals surface area contributed by atoms with Crippen LogP contribution in [-0.2, 0) is 32.1 Å². The summed E-state index contributed by atoms with van der Waals surface area (Å²) in [5.74, 6) is -1.10. The quantitative estimate of drug-likeness (QED) is 0.182. The van der Waals surface area contributed by atoms with Gasteiger partial charge < -0.3 is 26.4 Å². The van der Waals surface area contributed by atoms with Gasteiger partial charge in [0.1, 0.15) is 18.1 Å². The molecule has 0 saturated carbocycles. The molecule has 0 bridgehead atoms. The molecule has 0 radical (unpaired) electrons. The molecule has 13 heteroatoms. The van der Waals surface area contributed by atoms with Crippen LogP contribution in [0.4, 0.5) is 0 Å². The fourth-order valence-electron chi connectivity index (χ4n) is 6.81. The van der Waals surface area contributed by atoms with Crippen LogP contribution in [0, 0.1) is 0 Å². The summed E-state index contributed by atoms with van der Waals surface area (Å²) in [6, 6.07) is 16.6. The van der Waals surface area contributed by atoms with E-state index in [4.69, 9.17) is 0 Å². The van der Waals surface area contributed by atoms with E-state index in [0.717, 1.165) is 11.1 Å². The molecule has 6 N–H and O–H groups in total. The van der Waals surface area contributed by atoms with E-state index in [9.17, 15) is 24.3 Å². The van der Waals surface area contributed by atoms with Gasteiger partial charge in [0.2, 0.25) is 23.6 Å². The highest BCUT2D eigenvalue weighted by atomic mass is 32.2. The van der Waals surface area contributed by atoms with Gasteiger partial charge in [-0.1, -0.05) is 60.7 Å². The molecule has 0 aliphatic carbocycles. The molecule has 2 aromatic rings. The smallest absolute Gasteiger partial charge is 0.245 e. The van der Waals surface area contributed by atoms with Gasteiger partial charge in [0.15, 0.2) is 0 Å². The van der Waals surface area contributed by atoms with E-state index in [0.29, 0.717) is 0 Å². The van der Waals surface area contributed by atoms with Crippen LogP contribution < -0.4 is 26.6 Å². The van der Waals surface area contributed by atoms with Gasteiger partial charge >= 0.3 is 0 Å². The number of benzene rings is 2. The van der Waals surface area contributed by atoms with Gasteiger partial charge in [0, 0.05) is 34.7 Å². The summed E-state index contributed by atoms with van der Waals surface area (Å²) in [6.07, 6.45) is -0.844. The number of rotatable bonds is 13. The Balaban J connectivity index is 1.43. The third-order valence-electron chi connectivity index (χ3n) is 8.98. The Morgan fingerprint density at radius 2 is 1.45 bits per heavy atom. The van der Waals surface area contributed by atoms with E-state index in [-0.39, 0.29) is 49.7 Å². The first-order valence-electron chi connectivity index (χ1n) is 17.5. The molecule has 2 aliphatic rings. The van der Waals surface area contributed by atoms with Crippen molar-refractivity contribution in [3.8, 4) is 0 Å². The van der Waals surface area contributed by atoms with E-state index in [1.807, 2.05) is 128 Å². The summed E-state index contributed by atoms with van der Waals surface area (Å²) in [5.41, 5.74) is 1.33. The molecule has 2 unspecified atom stereocenters. The lowest BCUT2D eigenvalue weighted by Crippen LogP contribution is -2.60. The van der Waals surface area contributed by atoms with Gasteiger partial charge in [-0.05, 0) is 73.4 Å². The minimum atomic E-state index is -0.966. The van der Waals surface area contributed by atoms with Gasteiger partial charge in [-0.3, -0.25) is 29.4 Å². The molecule has 0 spiro atoms. The van der Waals surface area contributed by atoms with Crippen molar-refractivity contribution in [3.05, 3.63) is 71.8 Å². The van der Waals surface area contributed by atoms with Crippen LogP contribution in [-0.4, -0.2) is 96.2 Å². The van der Waals surface area contributed by atoms with Crippen molar-refractivity contribution < 1.29 is 24.3 Å². The van der Waals surface area contributed by atoms with Gasteiger partial charge in [0.25, 0.3) is 0 Å². The highest BCUT2D eigenvalue weighted by molar-refractivity contribution is 8.02. The first kappa shape index (κ1) is 40.7. The summed E-state index contributed by atoms with van der Waals surface area (Å²) in [4.78, 5) is 55.7. The number of amides is 4. The zero-order valence-corrected chi connectivity index (χ0v) is 33.0. The minimum Gasteiger partial charge on any atom is -0.390 e. The van der Waals surface area contributed by atoms with Crippen molar-refractivity contribution in [2.45, 2.75) is 125 Å². The molecule has 4 rings (SSSR count). The fraction of sp³-hybridized carbons (Fsp3) is 0.579. The summed E-state index contributed by atoms with van der Waals surface area (Å²) in [5, 5.41) is 25.8. The van der Waals surface area contributed by atoms with Gasteiger partial charge in [-0.25, -0.2) is 0 Å². The van der Waals surface area contributed by atoms with Crippen LogP contribution in [0.2, 0.25) is 0 Å². The maximum atomic E-state index is 13.7. The highest BCUT2D eigenvalue weighted by Crippen LogP contribution is 2.51. The third kappa shape index (κ3) is 11.0. The third-order valence-corrected chi connectivity index (χ3v) is 12.0. The largest absolute Gasteiger partial charge is 0.390 e. The summed E-state index contributed by atoms with van der Waals surface area (Å²) < 4.78 is -1.07. The van der Waals surface area contributed by atoms with Crippen molar-refractivity contribution in [1.82, 2.24) is 31.5 Å². The zero-order valence-electron chi connectivity index (χ0n) is 31.3. The second-order valence-corrected chi connectivity index (χ2v) is 20.0. The zero-order chi connectivity index (χ0) is 37.8. The maximum absolute atomic E-state index is 13.7. The van der Waals surface area contributed by atoms with E-state index in [1.165, 1.54) is 11.8 Å². The van der Waals surface area contributed by atoms with Crippen molar-refractivity contribution >= 4 is 47.2 Å². The van der Waals surface area contributed by atoms with Crippen molar-refractivity contribution in [2.24, 2.45) is 0 Å². The summed E-state index contributed by atoms with van der Waals surface area (Å²) >= 11 is 3.10. The molecule has 11 nitrogen and oxygen atoms in total. The van der Waals surface area contributed by atoms with Crippen LogP contribution in [0.15, 0.2) is 60.7 Å². The van der Waals surface area contributed by atoms with Crippen LogP contribution >= 0.6 is 23.5 Å². The number of hydrogen-bond acceptors (Lipinski definition) is 9. The van der Waals surface area contributed by atoms with Crippen molar-refractivity contribution in [3.63, 3.8) is 0 Å². The number of nitrogens with one attached hydrogen (secondary N) is 5. The Labute approximate surface area is 311 Å². The molecule has 0 aromatic heterocycles. The molecule has 2 heterocycles. The Morgan fingerprint density at radius 1 is 0.863 bits per heavy atom. The van der Waals surface area contributed by atoms with Crippen LogP contribution in [0.1, 0.15) is 73.4 Å². The van der Waals surface area contributed by atoms with E-state index >= 15 is 0 Å². The van der Waals surface area contributed by atoms with E-state index < -0.39 is 49.5 Å². The molecule has 4 amide bonds. The summed E-state index contributed by atoms with van der Waals surface area (Å²) in [7, 11) is 0. The normalized spacial score (nSPS) is 23.5. The molecule has 2 aromatic carbocycles. The molecule has 280 valence electrons. The van der Waals surface area contributed by atoms with Crippen molar-refractivity contribution in [2.75, 3.05) is 13.1 Å². The lowest BCUT2D eigenvalue weighted by atomic mass is 9.97. The van der Waals surface area contributed by atoms with Gasteiger partial charge in [-0.2, -0.15) is 0 Å². The number of carbonyl (C=O) groups is 4. The molecule has 51 heavy (non-hydrogen) atoms. The molecular weight excluding hydrogens is 685 g/mol. The Bertz CT molecular complexity index is 1530. The number of aliphatic hydroxyl groups is 1. The topological polar surface area (TPSA) is 152 Å². The molecular formula is C38H56N6O5S2. The first-order valence-corrected chi connectivity index (χ1v) is 19.2. The van der Waals surface area contributed by atoms with Crippen LogP contribution in [0.5, 0.6) is 0 Å². The average Bonchev–Trinajstić information content (AvgIpc) is 3.44. The average molecular weight is 741 g/mol. The molecule has 2 aliphatic heterocycles. The lowest BCUT2D eigenvalue weighted by Gasteiger charge is -2.37. The maximum Gasteiger partial charge on any atom is 0.245 e. The predicted molar refractivity (Wildman–Crippen MR) is 206 cm³/mol. The summed E-state index contributed by atoms with van der Waals surface area (Å²) in [6.45, 7) is 18.3. The minimum absolute atomic E-state index is 0.0253. The number of aliphatic hydroxyl groups excluding tert-OH is 1. The number of β-amino-alcohol motifs (C(OH)–C–C–N with tert-alkyl or cyclic N) is 1. The number of carbonyl (C=O) groups excluding carboxylic acids is 4. The van der Waals surface area contributed by atoms with E-state index in [2.05, 4.69) is 26.6 Å². The van der Waals surface area contributed by atoms with Gasteiger partial charge in [-0.15, -0.1) is 23.5 Å². The Morgan fingerprint density at radius 3 is 2.04 bits per heavy atom. The second kappa shape index (κ2) is 16.3. The number of thioether (sulfide) groups is 2. The SMILES string of the molecule is CC(C)(C)NC(=O)C1N(C[C@@H](O)CNC(=O)[C@@H]2N[C@@H](C(NC(=O)Cc3ccccc3)C(=O)NCc3ccccc3)SC2(C)C)C(C)(C)SC1(C)C. The van der Waals surface area contributed by atoms with E-state index in [1.54, 1.807) is 11.8 Å². The monoisotopic (exact) mass is 740 g/mol. The predicted octanol–water partition coefficient (Wildman–Crippen LogP) is 3.16. The molecule has 2 fully saturated rings. The Hall–Kier alpha value is -3.10. The lowest BCUT2D eigenvalue weighted by molar-refractivity contribution is -0.130. The van der Waals surface area contributed by atoms with Crippen LogP contribution in [0.3, 0.4) is 0 Å². The number of hydrogen-bond donors (Lipinski definition) is 6.